The number of benzene rings is 2. The molecule has 0 atom stereocenters. The number of aromatic hydroxyl groups is 1. The van der Waals surface area contributed by atoms with E-state index >= 15 is 0 Å². The van der Waals surface area contributed by atoms with Crippen molar-refractivity contribution in [2.24, 2.45) is 5.10 Å². The highest BCUT2D eigenvalue weighted by molar-refractivity contribution is 14.1. The van der Waals surface area contributed by atoms with E-state index in [4.69, 9.17) is 14.2 Å². The van der Waals surface area contributed by atoms with Gasteiger partial charge in [0.25, 0.3) is 5.91 Å². The molecule has 0 unspecified atom stereocenters. The number of carbonyl (C=O) groups excluding carboxylic acids is 1. The molecule has 0 saturated carbocycles. The number of hydrogen-bond donors (Lipinski definition) is 2. The van der Waals surface area contributed by atoms with Gasteiger partial charge < -0.3 is 19.3 Å². The fourth-order valence-corrected chi connectivity index (χ4v) is 2.87. The van der Waals surface area contributed by atoms with Gasteiger partial charge in [-0.25, -0.2) is 5.43 Å². The van der Waals surface area contributed by atoms with Gasteiger partial charge in [0.05, 0.1) is 30.1 Å². The van der Waals surface area contributed by atoms with Gasteiger partial charge in [-0.05, 0) is 72.3 Å². The molecule has 27 heavy (non-hydrogen) atoms. The molecule has 0 heterocycles. The van der Waals surface area contributed by atoms with Gasteiger partial charge in [0, 0.05) is 5.56 Å². The molecule has 0 fully saturated rings. The van der Waals surface area contributed by atoms with E-state index in [0.717, 1.165) is 0 Å². The third-order valence-corrected chi connectivity index (χ3v) is 4.28. The van der Waals surface area contributed by atoms with E-state index < -0.39 is 0 Å². The highest BCUT2D eigenvalue weighted by Crippen LogP contribution is 2.32. The summed E-state index contributed by atoms with van der Waals surface area (Å²) in [5.41, 5.74) is 3.54. The van der Waals surface area contributed by atoms with E-state index in [-0.39, 0.29) is 11.7 Å². The first-order valence-corrected chi connectivity index (χ1v) is 9.37. The lowest BCUT2D eigenvalue weighted by atomic mass is 10.2. The zero-order valence-electron chi connectivity index (χ0n) is 15.3. The number of rotatable bonds is 8. The van der Waals surface area contributed by atoms with Crippen LogP contribution >= 0.6 is 22.6 Å². The molecular formula is C19H21IN2O5. The molecule has 2 rings (SSSR count). The van der Waals surface area contributed by atoms with Crippen LogP contribution in [0.1, 0.15) is 29.8 Å². The zero-order valence-corrected chi connectivity index (χ0v) is 17.4. The van der Waals surface area contributed by atoms with Crippen LogP contribution in [0.25, 0.3) is 0 Å². The van der Waals surface area contributed by atoms with Gasteiger partial charge in [-0.2, -0.15) is 5.10 Å². The number of amides is 1. The number of phenols is 1. The number of carbonyl (C=O) groups is 1. The Balaban J connectivity index is 2.11. The summed E-state index contributed by atoms with van der Waals surface area (Å²) in [4.78, 5) is 12.3. The van der Waals surface area contributed by atoms with Crippen LogP contribution in [0.5, 0.6) is 23.0 Å². The van der Waals surface area contributed by atoms with Crippen molar-refractivity contribution >= 4 is 34.7 Å². The predicted octanol–water partition coefficient (Wildman–Crippen LogP) is 3.57. The molecule has 0 radical (unpaired) electrons. The minimum atomic E-state index is -0.383. The largest absolute Gasteiger partial charge is 0.504 e. The van der Waals surface area contributed by atoms with E-state index in [9.17, 15) is 9.90 Å². The van der Waals surface area contributed by atoms with Crippen molar-refractivity contribution in [2.75, 3.05) is 20.3 Å². The number of ether oxygens (including phenoxy) is 3. The quantitative estimate of drug-likeness (QED) is 0.340. The average molecular weight is 484 g/mol. The lowest BCUT2D eigenvalue weighted by Crippen LogP contribution is -2.17. The van der Waals surface area contributed by atoms with Gasteiger partial charge in [-0.3, -0.25) is 4.79 Å². The van der Waals surface area contributed by atoms with E-state index in [0.29, 0.717) is 45.2 Å². The Hall–Kier alpha value is -2.49. The van der Waals surface area contributed by atoms with Crippen LogP contribution in [0.2, 0.25) is 0 Å². The topological polar surface area (TPSA) is 89.4 Å². The van der Waals surface area contributed by atoms with Crippen LogP contribution in [0, 0.1) is 3.57 Å². The first-order chi connectivity index (χ1) is 13.0. The molecule has 8 heteroatoms. The van der Waals surface area contributed by atoms with Gasteiger partial charge in [-0.15, -0.1) is 0 Å². The Kier molecular flexibility index (Phi) is 7.71. The van der Waals surface area contributed by atoms with Crippen LogP contribution < -0.4 is 19.6 Å². The zero-order chi connectivity index (χ0) is 19.8. The number of halogens is 1. The molecule has 2 N–H and O–H groups in total. The third kappa shape index (κ3) is 5.49. The summed E-state index contributed by atoms with van der Waals surface area (Å²) in [7, 11) is 1.51. The Morgan fingerprint density at radius 3 is 2.52 bits per heavy atom. The maximum Gasteiger partial charge on any atom is 0.271 e. The summed E-state index contributed by atoms with van der Waals surface area (Å²) < 4.78 is 16.7. The molecule has 0 aliphatic carbocycles. The van der Waals surface area contributed by atoms with Gasteiger partial charge >= 0.3 is 0 Å². The monoisotopic (exact) mass is 484 g/mol. The molecule has 0 aromatic heterocycles. The Morgan fingerprint density at radius 2 is 1.85 bits per heavy atom. The van der Waals surface area contributed by atoms with Gasteiger partial charge in [0.2, 0.25) is 0 Å². The van der Waals surface area contributed by atoms with Crippen LogP contribution in [-0.2, 0) is 0 Å². The second-order valence-electron chi connectivity index (χ2n) is 5.28. The van der Waals surface area contributed by atoms with E-state index in [1.807, 2.05) is 36.4 Å². The Morgan fingerprint density at radius 1 is 1.15 bits per heavy atom. The van der Waals surface area contributed by atoms with Gasteiger partial charge in [-0.1, -0.05) is 0 Å². The number of hydrogen-bond acceptors (Lipinski definition) is 6. The van der Waals surface area contributed by atoms with Gasteiger partial charge in [0.1, 0.15) is 0 Å². The summed E-state index contributed by atoms with van der Waals surface area (Å²) >= 11 is 2.00. The Labute approximate surface area is 171 Å². The number of phenolic OH excluding ortho intramolecular Hbond substituents is 1. The normalized spacial score (nSPS) is 10.7. The molecule has 2 aromatic carbocycles. The van der Waals surface area contributed by atoms with Crippen LogP contribution in [-0.4, -0.2) is 37.6 Å². The van der Waals surface area contributed by atoms with Crippen molar-refractivity contribution in [3.8, 4) is 23.0 Å². The summed E-state index contributed by atoms with van der Waals surface area (Å²) in [6.07, 6.45) is 1.48. The SMILES string of the molecule is CCOc1ccc(C(=O)N/N=C/c2cc(I)c(O)c(OCC)c2)cc1OC. The fraction of sp³-hybridized carbons (Fsp3) is 0.263. The number of nitrogens with one attached hydrogen (secondary N) is 1. The highest BCUT2D eigenvalue weighted by atomic mass is 127. The van der Waals surface area contributed by atoms with E-state index in [1.54, 1.807) is 30.3 Å². The summed E-state index contributed by atoms with van der Waals surface area (Å²) in [6.45, 7) is 4.64. The molecule has 2 aromatic rings. The number of methoxy groups -OCH3 is 1. The Bertz CT molecular complexity index is 839. The molecule has 0 aliphatic heterocycles. The molecule has 0 aliphatic rings. The molecular weight excluding hydrogens is 463 g/mol. The summed E-state index contributed by atoms with van der Waals surface area (Å²) in [5, 5.41) is 13.9. The minimum Gasteiger partial charge on any atom is -0.504 e. The van der Waals surface area contributed by atoms with E-state index in [2.05, 4.69) is 10.5 Å². The lowest BCUT2D eigenvalue weighted by Gasteiger charge is -2.10. The van der Waals surface area contributed by atoms with Crippen LogP contribution in [0.4, 0.5) is 0 Å². The maximum absolute atomic E-state index is 12.3. The van der Waals surface area contributed by atoms with Crippen molar-refractivity contribution < 1.29 is 24.1 Å². The van der Waals surface area contributed by atoms with Crippen molar-refractivity contribution in [3.05, 3.63) is 45.0 Å². The number of nitrogens with zero attached hydrogens (tertiary/aromatic N) is 1. The molecule has 0 saturated heterocycles. The van der Waals surface area contributed by atoms with Crippen molar-refractivity contribution in [1.29, 1.82) is 0 Å². The van der Waals surface area contributed by atoms with Crippen molar-refractivity contribution in [1.82, 2.24) is 5.43 Å². The molecule has 7 nitrogen and oxygen atoms in total. The minimum absolute atomic E-state index is 0.0834. The number of hydrazone groups is 1. The van der Waals surface area contributed by atoms with E-state index in [1.165, 1.54) is 13.3 Å². The fourth-order valence-electron chi connectivity index (χ4n) is 2.25. The first-order valence-electron chi connectivity index (χ1n) is 8.29. The second-order valence-corrected chi connectivity index (χ2v) is 6.44. The maximum atomic E-state index is 12.3. The summed E-state index contributed by atoms with van der Waals surface area (Å²) in [6, 6.07) is 8.28. The van der Waals surface area contributed by atoms with Gasteiger partial charge in [0.15, 0.2) is 23.0 Å². The standard InChI is InChI=1S/C19H21IN2O5/c1-4-26-15-7-6-13(10-16(15)25-3)19(24)22-21-11-12-8-14(20)18(23)17(9-12)27-5-2/h6-11,23H,4-5H2,1-3H3,(H,22,24)/b21-11+. The van der Waals surface area contributed by atoms with Crippen molar-refractivity contribution in [2.45, 2.75) is 13.8 Å². The second kappa shape index (κ2) is 10.0. The molecule has 0 bridgehead atoms. The van der Waals surface area contributed by atoms with Crippen LogP contribution in [0.3, 0.4) is 0 Å². The third-order valence-electron chi connectivity index (χ3n) is 3.46. The van der Waals surface area contributed by atoms with Crippen molar-refractivity contribution in [3.63, 3.8) is 0 Å². The first kappa shape index (κ1) is 20.8. The smallest absolute Gasteiger partial charge is 0.271 e. The van der Waals surface area contributed by atoms with Crippen LogP contribution in [0.15, 0.2) is 35.4 Å². The molecule has 144 valence electrons. The molecule has 0 spiro atoms. The summed E-state index contributed by atoms with van der Waals surface area (Å²) in [5.74, 6) is 1.12. The average Bonchev–Trinajstić information content (AvgIpc) is 2.66. The molecule has 1 amide bonds. The predicted molar refractivity (Wildman–Crippen MR) is 111 cm³/mol. The highest BCUT2D eigenvalue weighted by Gasteiger charge is 2.11. The lowest BCUT2D eigenvalue weighted by molar-refractivity contribution is 0.0954.